The number of thioether (sulfide) groups is 1. The summed E-state index contributed by atoms with van der Waals surface area (Å²) in [6.45, 7) is 6.64. The number of hydrogen-bond acceptors (Lipinski definition) is 5. The van der Waals surface area contributed by atoms with E-state index in [1.54, 1.807) is 28.8 Å². The van der Waals surface area contributed by atoms with Crippen molar-refractivity contribution in [3.63, 3.8) is 0 Å². The van der Waals surface area contributed by atoms with Crippen molar-refractivity contribution in [2.45, 2.75) is 38.9 Å². The molecule has 0 bridgehead atoms. The Bertz CT molecular complexity index is 1140. The molecule has 0 aliphatic heterocycles. The maximum absolute atomic E-state index is 12.9. The van der Waals surface area contributed by atoms with Crippen molar-refractivity contribution >= 4 is 34.4 Å². The Kier molecular flexibility index (Phi) is 6.39. The van der Waals surface area contributed by atoms with Gasteiger partial charge in [-0.05, 0) is 43.5 Å². The van der Waals surface area contributed by atoms with Crippen LogP contribution in [0.1, 0.15) is 31.5 Å². The minimum atomic E-state index is -0.222. The Morgan fingerprint density at radius 1 is 1.38 bits per heavy atom. The number of amides is 1. The van der Waals surface area contributed by atoms with Crippen LogP contribution in [0.5, 0.6) is 0 Å². The summed E-state index contributed by atoms with van der Waals surface area (Å²) in [4.78, 5) is 33.0. The van der Waals surface area contributed by atoms with Crippen molar-refractivity contribution in [1.29, 1.82) is 5.26 Å². The maximum Gasteiger partial charge on any atom is 0.278 e. The molecule has 29 heavy (non-hydrogen) atoms. The van der Waals surface area contributed by atoms with Gasteiger partial charge in [-0.15, -0.1) is 0 Å². The van der Waals surface area contributed by atoms with E-state index in [4.69, 9.17) is 5.26 Å². The first kappa shape index (κ1) is 20.7. The van der Waals surface area contributed by atoms with Crippen LogP contribution in [0, 0.1) is 24.2 Å². The smallest absolute Gasteiger partial charge is 0.278 e. The maximum atomic E-state index is 12.9. The first-order chi connectivity index (χ1) is 13.9. The van der Waals surface area contributed by atoms with E-state index in [0.717, 1.165) is 12.1 Å². The highest BCUT2D eigenvalue weighted by Gasteiger charge is 2.15. The number of nitrogens with zero attached hydrogens (tertiary/aromatic N) is 3. The highest BCUT2D eigenvalue weighted by molar-refractivity contribution is 7.99. The molecule has 0 spiro atoms. The molecule has 1 amide bonds. The molecule has 0 aliphatic rings. The Balaban J connectivity index is 1.80. The second kappa shape index (κ2) is 8.97. The van der Waals surface area contributed by atoms with E-state index in [1.165, 1.54) is 11.8 Å². The van der Waals surface area contributed by atoms with Gasteiger partial charge in [0.05, 0.1) is 22.9 Å². The van der Waals surface area contributed by atoms with Crippen molar-refractivity contribution in [3.8, 4) is 6.07 Å². The van der Waals surface area contributed by atoms with Gasteiger partial charge in [0.15, 0.2) is 5.16 Å². The van der Waals surface area contributed by atoms with E-state index in [-0.39, 0.29) is 17.2 Å². The zero-order valence-electron chi connectivity index (χ0n) is 16.7. The van der Waals surface area contributed by atoms with Crippen LogP contribution in [-0.2, 0) is 11.3 Å². The molecule has 2 aromatic heterocycles. The predicted octanol–water partition coefficient (Wildman–Crippen LogP) is 3.68. The third-order valence-corrected chi connectivity index (χ3v) is 5.35. The molecule has 7 nitrogen and oxygen atoms in total. The molecule has 0 saturated heterocycles. The number of aryl methyl sites for hydroxylation is 1. The number of nitrogens with one attached hydrogen (secondary N) is 2. The number of carbonyl (C=O) groups excluding carboxylic acids is 1. The average molecular weight is 410 g/mol. The summed E-state index contributed by atoms with van der Waals surface area (Å²) in [6.07, 6.45) is 0.841. The SMILES string of the molecule is Cc1cc2nc(SCC(=O)Nc3cccc(C#N)c3)n(CCC(C)C)c(=O)c2[nH]1. The van der Waals surface area contributed by atoms with E-state index >= 15 is 0 Å². The Labute approximate surface area is 173 Å². The number of fused-ring (bicyclic) bond motifs is 1. The van der Waals surface area contributed by atoms with Gasteiger partial charge in [-0.3, -0.25) is 14.2 Å². The van der Waals surface area contributed by atoms with Gasteiger partial charge in [-0.2, -0.15) is 5.26 Å². The molecule has 8 heteroatoms. The molecule has 0 fully saturated rings. The minimum Gasteiger partial charge on any atom is -0.353 e. The third-order valence-electron chi connectivity index (χ3n) is 4.38. The van der Waals surface area contributed by atoms with Crippen molar-refractivity contribution in [1.82, 2.24) is 14.5 Å². The standard InChI is InChI=1S/C21H23N5O2S/c1-13(2)7-8-26-20(28)19-17(9-14(3)23-19)25-21(26)29-12-18(27)24-16-6-4-5-15(10-16)11-22/h4-6,9-10,13,23H,7-8,12H2,1-3H3,(H,24,27). The summed E-state index contributed by atoms with van der Waals surface area (Å²) in [7, 11) is 0. The molecule has 150 valence electrons. The largest absolute Gasteiger partial charge is 0.353 e. The zero-order valence-corrected chi connectivity index (χ0v) is 17.5. The van der Waals surface area contributed by atoms with Crippen molar-refractivity contribution < 1.29 is 4.79 Å². The van der Waals surface area contributed by atoms with Gasteiger partial charge < -0.3 is 10.3 Å². The number of benzene rings is 1. The topological polar surface area (TPSA) is 104 Å². The van der Waals surface area contributed by atoms with Crippen LogP contribution in [0.3, 0.4) is 0 Å². The van der Waals surface area contributed by atoms with Crippen LogP contribution in [0.2, 0.25) is 0 Å². The van der Waals surface area contributed by atoms with Crippen LogP contribution in [0.4, 0.5) is 5.69 Å². The Morgan fingerprint density at radius 2 is 2.17 bits per heavy atom. The molecule has 0 atom stereocenters. The molecule has 3 rings (SSSR count). The fourth-order valence-corrected chi connectivity index (χ4v) is 3.72. The zero-order chi connectivity index (χ0) is 21.0. The number of carbonyl (C=O) groups is 1. The molecule has 0 unspecified atom stereocenters. The quantitative estimate of drug-likeness (QED) is 0.458. The van der Waals surface area contributed by atoms with Gasteiger partial charge in [0.2, 0.25) is 5.91 Å². The normalized spacial score (nSPS) is 11.0. The lowest BCUT2D eigenvalue weighted by molar-refractivity contribution is -0.113. The summed E-state index contributed by atoms with van der Waals surface area (Å²) < 4.78 is 1.65. The number of aromatic nitrogens is 3. The van der Waals surface area contributed by atoms with Crippen LogP contribution in [0.25, 0.3) is 11.0 Å². The fourth-order valence-electron chi connectivity index (χ4n) is 2.90. The lowest BCUT2D eigenvalue weighted by atomic mass is 10.1. The second-order valence-electron chi connectivity index (χ2n) is 7.28. The number of anilines is 1. The lowest BCUT2D eigenvalue weighted by Crippen LogP contribution is -2.25. The number of nitriles is 1. The van der Waals surface area contributed by atoms with Crippen molar-refractivity contribution in [2.75, 3.05) is 11.1 Å². The van der Waals surface area contributed by atoms with E-state index in [0.29, 0.717) is 39.9 Å². The minimum absolute atomic E-state index is 0.111. The molecular formula is C21H23N5O2S. The van der Waals surface area contributed by atoms with Crippen LogP contribution < -0.4 is 10.9 Å². The van der Waals surface area contributed by atoms with Crippen LogP contribution in [-0.4, -0.2) is 26.2 Å². The van der Waals surface area contributed by atoms with Gasteiger partial charge in [0.25, 0.3) is 5.56 Å². The molecule has 3 aromatic rings. The summed E-state index contributed by atoms with van der Waals surface area (Å²) in [5, 5.41) is 12.3. The average Bonchev–Trinajstić information content (AvgIpc) is 3.06. The van der Waals surface area contributed by atoms with Gasteiger partial charge >= 0.3 is 0 Å². The van der Waals surface area contributed by atoms with E-state index < -0.39 is 0 Å². The first-order valence-corrected chi connectivity index (χ1v) is 10.4. The highest BCUT2D eigenvalue weighted by atomic mass is 32.2. The van der Waals surface area contributed by atoms with Gasteiger partial charge in [-0.1, -0.05) is 31.7 Å². The lowest BCUT2D eigenvalue weighted by Gasteiger charge is -2.13. The predicted molar refractivity (Wildman–Crippen MR) is 115 cm³/mol. The summed E-state index contributed by atoms with van der Waals surface area (Å²) in [6, 6.07) is 10.6. The van der Waals surface area contributed by atoms with Crippen LogP contribution in [0.15, 0.2) is 40.3 Å². The molecule has 2 heterocycles. The molecule has 2 N–H and O–H groups in total. The first-order valence-electron chi connectivity index (χ1n) is 9.40. The second-order valence-corrected chi connectivity index (χ2v) is 8.22. The number of rotatable bonds is 7. The molecular weight excluding hydrogens is 386 g/mol. The number of hydrogen-bond donors (Lipinski definition) is 2. The Hall–Kier alpha value is -3.05. The third kappa shape index (κ3) is 5.06. The highest BCUT2D eigenvalue weighted by Crippen LogP contribution is 2.20. The van der Waals surface area contributed by atoms with Gasteiger partial charge in [0, 0.05) is 17.9 Å². The van der Waals surface area contributed by atoms with Crippen molar-refractivity contribution in [2.24, 2.45) is 5.92 Å². The summed E-state index contributed by atoms with van der Waals surface area (Å²) in [5.74, 6) is 0.330. The summed E-state index contributed by atoms with van der Waals surface area (Å²) in [5.41, 5.74) is 2.90. The molecule has 0 saturated carbocycles. The van der Waals surface area contributed by atoms with E-state index in [1.807, 2.05) is 19.1 Å². The number of H-pyrrole nitrogens is 1. The molecule has 0 aliphatic carbocycles. The monoisotopic (exact) mass is 409 g/mol. The van der Waals surface area contributed by atoms with E-state index in [2.05, 4.69) is 29.1 Å². The van der Waals surface area contributed by atoms with E-state index in [9.17, 15) is 9.59 Å². The van der Waals surface area contributed by atoms with Gasteiger partial charge in [0.1, 0.15) is 5.52 Å². The Morgan fingerprint density at radius 3 is 2.90 bits per heavy atom. The van der Waals surface area contributed by atoms with Gasteiger partial charge in [-0.25, -0.2) is 4.98 Å². The fraction of sp³-hybridized carbons (Fsp3) is 0.333. The molecule has 1 aromatic carbocycles. The number of aromatic amines is 1. The summed E-state index contributed by atoms with van der Waals surface area (Å²) >= 11 is 1.24. The van der Waals surface area contributed by atoms with Crippen molar-refractivity contribution in [3.05, 3.63) is 51.9 Å². The van der Waals surface area contributed by atoms with Crippen LogP contribution >= 0.6 is 11.8 Å². The molecule has 0 radical (unpaired) electrons.